The van der Waals surface area contributed by atoms with E-state index in [1.165, 1.54) is 16.3 Å². The van der Waals surface area contributed by atoms with Gasteiger partial charge in [-0.3, -0.25) is 0 Å². The van der Waals surface area contributed by atoms with Crippen molar-refractivity contribution >= 4 is 22.5 Å². The Morgan fingerprint density at radius 2 is 2.00 bits per heavy atom. The number of allylic oxidation sites excluding steroid dienone is 1. The van der Waals surface area contributed by atoms with Crippen LogP contribution >= 0.6 is 11.8 Å². The lowest BCUT2D eigenvalue weighted by Crippen LogP contribution is -1.96. The molecule has 3 rings (SSSR count). The van der Waals surface area contributed by atoms with Crippen LogP contribution < -0.4 is 0 Å². The lowest BCUT2D eigenvalue weighted by atomic mass is 10.1. The van der Waals surface area contributed by atoms with Gasteiger partial charge in [-0.2, -0.15) is 0 Å². The molecule has 3 nitrogen and oxygen atoms in total. The fraction of sp³-hybridized carbons (Fsp3) is 0.125. The first-order valence-corrected chi connectivity index (χ1v) is 7.45. The molecule has 0 atom stereocenters. The summed E-state index contributed by atoms with van der Waals surface area (Å²) in [6.07, 6.45) is 3.60. The van der Waals surface area contributed by atoms with Crippen molar-refractivity contribution in [2.24, 2.45) is 0 Å². The van der Waals surface area contributed by atoms with E-state index >= 15 is 0 Å². The van der Waals surface area contributed by atoms with Crippen LogP contribution in [0.4, 0.5) is 0 Å². The van der Waals surface area contributed by atoms with Crippen molar-refractivity contribution in [2.45, 2.75) is 17.5 Å². The average Bonchev–Trinajstić information content (AvgIpc) is 2.93. The molecule has 0 saturated carbocycles. The van der Waals surface area contributed by atoms with E-state index in [0.29, 0.717) is 0 Å². The Labute approximate surface area is 122 Å². The molecule has 0 radical (unpaired) electrons. The molecule has 0 unspecified atom stereocenters. The number of aromatic nitrogens is 3. The number of fused-ring (bicyclic) bond motifs is 1. The third kappa shape index (κ3) is 2.60. The van der Waals surface area contributed by atoms with E-state index in [2.05, 4.69) is 59.2 Å². The van der Waals surface area contributed by atoms with Gasteiger partial charge in [-0.25, -0.2) is 0 Å². The molecule has 4 heteroatoms. The Bertz CT molecular complexity index is 728. The van der Waals surface area contributed by atoms with Gasteiger partial charge in [0.05, 0.1) is 0 Å². The Morgan fingerprint density at radius 1 is 1.15 bits per heavy atom. The fourth-order valence-corrected chi connectivity index (χ4v) is 3.11. The standard InChI is InChI=1S/C16H15N3S/c1-2-10-19-12-17-18-16(19)20-11-14-8-5-7-13-6-3-4-9-15(13)14/h2-9,12H,1,10-11H2. The summed E-state index contributed by atoms with van der Waals surface area (Å²) < 4.78 is 2.00. The van der Waals surface area contributed by atoms with Crippen LogP contribution in [0.1, 0.15) is 5.56 Å². The summed E-state index contributed by atoms with van der Waals surface area (Å²) in [5.41, 5.74) is 1.32. The molecule has 0 bridgehead atoms. The molecule has 1 heterocycles. The molecule has 0 aliphatic rings. The van der Waals surface area contributed by atoms with Crippen molar-refractivity contribution in [1.82, 2.24) is 14.8 Å². The van der Waals surface area contributed by atoms with Crippen molar-refractivity contribution in [3.8, 4) is 0 Å². The number of hydrogen-bond acceptors (Lipinski definition) is 3. The third-order valence-electron chi connectivity index (χ3n) is 3.14. The van der Waals surface area contributed by atoms with Gasteiger partial charge >= 0.3 is 0 Å². The molecule has 0 amide bonds. The average molecular weight is 281 g/mol. The predicted octanol–water partition coefficient (Wildman–Crippen LogP) is 3.91. The van der Waals surface area contributed by atoms with E-state index in [1.54, 1.807) is 18.1 Å². The second kappa shape index (κ2) is 5.92. The molecular formula is C16H15N3S. The van der Waals surface area contributed by atoms with Crippen molar-refractivity contribution < 1.29 is 0 Å². The summed E-state index contributed by atoms with van der Waals surface area (Å²) in [5.74, 6) is 0.886. The van der Waals surface area contributed by atoms with Crippen LogP contribution in [0.2, 0.25) is 0 Å². The summed E-state index contributed by atoms with van der Waals surface area (Å²) in [5, 5.41) is 11.6. The molecule has 0 N–H and O–H groups in total. The maximum absolute atomic E-state index is 4.16. The molecule has 1 aromatic heterocycles. The van der Waals surface area contributed by atoms with E-state index in [9.17, 15) is 0 Å². The smallest absolute Gasteiger partial charge is 0.191 e. The number of hydrogen-bond donors (Lipinski definition) is 0. The van der Waals surface area contributed by atoms with Crippen LogP contribution in [0.25, 0.3) is 10.8 Å². The summed E-state index contributed by atoms with van der Waals surface area (Å²) in [6.45, 7) is 4.49. The lowest BCUT2D eigenvalue weighted by molar-refractivity contribution is 0.725. The molecule has 0 fully saturated rings. The highest BCUT2D eigenvalue weighted by Gasteiger charge is 2.06. The summed E-state index contributed by atoms with van der Waals surface area (Å²) in [6, 6.07) is 14.9. The summed E-state index contributed by atoms with van der Waals surface area (Å²) in [7, 11) is 0. The van der Waals surface area contributed by atoms with E-state index in [-0.39, 0.29) is 0 Å². The molecule has 3 aromatic rings. The Morgan fingerprint density at radius 3 is 2.90 bits per heavy atom. The molecule has 0 spiro atoms. The second-order valence-electron chi connectivity index (χ2n) is 4.48. The Balaban J connectivity index is 1.83. The first-order chi connectivity index (χ1) is 9.88. The minimum absolute atomic E-state index is 0.741. The van der Waals surface area contributed by atoms with Crippen LogP contribution in [-0.4, -0.2) is 14.8 Å². The van der Waals surface area contributed by atoms with Crippen molar-refractivity contribution in [3.05, 3.63) is 67.0 Å². The van der Waals surface area contributed by atoms with Crippen LogP contribution in [0, 0.1) is 0 Å². The highest BCUT2D eigenvalue weighted by molar-refractivity contribution is 7.98. The zero-order chi connectivity index (χ0) is 13.8. The fourth-order valence-electron chi connectivity index (χ4n) is 2.18. The van der Waals surface area contributed by atoms with Gasteiger partial charge in [0.15, 0.2) is 5.16 Å². The van der Waals surface area contributed by atoms with Gasteiger partial charge in [0, 0.05) is 12.3 Å². The Kier molecular flexibility index (Phi) is 3.83. The van der Waals surface area contributed by atoms with Gasteiger partial charge in [-0.05, 0) is 16.3 Å². The lowest BCUT2D eigenvalue weighted by Gasteiger charge is -2.06. The highest BCUT2D eigenvalue weighted by Crippen LogP contribution is 2.26. The van der Waals surface area contributed by atoms with Gasteiger partial charge in [-0.1, -0.05) is 60.3 Å². The van der Waals surface area contributed by atoms with Crippen LogP contribution in [0.15, 0.2) is 66.6 Å². The normalized spacial score (nSPS) is 10.8. The third-order valence-corrected chi connectivity index (χ3v) is 4.17. The summed E-state index contributed by atoms with van der Waals surface area (Å²) >= 11 is 1.70. The Hall–Kier alpha value is -2.07. The number of rotatable bonds is 5. The van der Waals surface area contributed by atoms with Crippen LogP contribution in [0.5, 0.6) is 0 Å². The number of benzene rings is 2. The molecule has 100 valence electrons. The minimum atomic E-state index is 0.741. The van der Waals surface area contributed by atoms with Crippen molar-refractivity contribution in [3.63, 3.8) is 0 Å². The molecule has 2 aromatic carbocycles. The van der Waals surface area contributed by atoms with E-state index in [1.807, 2.05) is 10.6 Å². The first-order valence-electron chi connectivity index (χ1n) is 6.46. The van der Waals surface area contributed by atoms with Crippen LogP contribution in [0.3, 0.4) is 0 Å². The molecule has 0 saturated heterocycles. The maximum Gasteiger partial charge on any atom is 0.191 e. The van der Waals surface area contributed by atoms with Crippen molar-refractivity contribution in [1.29, 1.82) is 0 Å². The van der Waals surface area contributed by atoms with Crippen molar-refractivity contribution in [2.75, 3.05) is 0 Å². The highest BCUT2D eigenvalue weighted by atomic mass is 32.2. The minimum Gasteiger partial charge on any atom is -0.305 e. The van der Waals surface area contributed by atoms with Crippen LogP contribution in [-0.2, 0) is 12.3 Å². The second-order valence-corrected chi connectivity index (χ2v) is 5.42. The van der Waals surface area contributed by atoms with E-state index in [0.717, 1.165) is 17.5 Å². The number of nitrogens with zero attached hydrogens (tertiary/aromatic N) is 3. The largest absolute Gasteiger partial charge is 0.305 e. The maximum atomic E-state index is 4.16. The van der Waals surface area contributed by atoms with Gasteiger partial charge in [-0.15, -0.1) is 16.8 Å². The van der Waals surface area contributed by atoms with E-state index < -0.39 is 0 Å². The van der Waals surface area contributed by atoms with Gasteiger partial charge < -0.3 is 4.57 Å². The molecule has 0 aliphatic heterocycles. The molecule has 20 heavy (non-hydrogen) atoms. The zero-order valence-corrected chi connectivity index (χ0v) is 11.9. The molecule has 0 aliphatic carbocycles. The van der Waals surface area contributed by atoms with Gasteiger partial charge in [0.1, 0.15) is 6.33 Å². The van der Waals surface area contributed by atoms with E-state index in [4.69, 9.17) is 0 Å². The monoisotopic (exact) mass is 281 g/mol. The quantitative estimate of drug-likeness (QED) is 0.525. The predicted molar refractivity (Wildman–Crippen MR) is 83.7 cm³/mol. The number of thioether (sulfide) groups is 1. The topological polar surface area (TPSA) is 30.7 Å². The molecular weight excluding hydrogens is 266 g/mol. The zero-order valence-electron chi connectivity index (χ0n) is 11.1. The SMILES string of the molecule is C=CCn1cnnc1SCc1cccc2ccccc12. The summed E-state index contributed by atoms with van der Waals surface area (Å²) in [4.78, 5) is 0. The van der Waals surface area contributed by atoms with Gasteiger partial charge in [0.25, 0.3) is 0 Å². The van der Waals surface area contributed by atoms with Gasteiger partial charge in [0.2, 0.25) is 0 Å². The first kappa shape index (κ1) is 12.9.